The topological polar surface area (TPSA) is 40.6 Å². The van der Waals surface area contributed by atoms with Gasteiger partial charge in [0.05, 0.1) is 0 Å². The molecule has 0 N–H and O–H groups in total. The molecule has 0 saturated carbocycles. The molecule has 0 bridgehead atoms. The molecule has 1 aliphatic rings. The molecule has 0 spiro atoms. The first kappa shape index (κ1) is 18.5. The molecule has 0 aliphatic carbocycles. The van der Waals surface area contributed by atoms with Crippen molar-refractivity contribution < 1.29 is 17.8 Å². The lowest BCUT2D eigenvalue weighted by Crippen LogP contribution is -2.50. The summed E-state index contributed by atoms with van der Waals surface area (Å²) in [6.07, 6.45) is 0. The number of carbonyl (C=O) groups excluding carboxylic acids is 1. The van der Waals surface area contributed by atoms with Gasteiger partial charge in [-0.15, -0.1) is 0 Å². The molecule has 1 fully saturated rings. The van der Waals surface area contributed by atoms with Crippen molar-refractivity contribution in [2.45, 2.75) is 5.75 Å². The number of nitrogens with zero attached hydrogens (tertiary/aromatic N) is 2. The first-order chi connectivity index (χ1) is 12.5. The second-order valence-corrected chi connectivity index (χ2v) is 7.66. The fraction of sp³-hybridized carbons (Fsp3) is 0.316. The summed E-state index contributed by atoms with van der Waals surface area (Å²) < 4.78 is 38.1. The van der Waals surface area contributed by atoms with Crippen LogP contribution in [0.15, 0.2) is 48.5 Å². The quantitative estimate of drug-likeness (QED) is 0.803. The first-order valence-electron chi connectivity index (χ1n) is 8.39. The Morgan fingerprint density at radius 1 is 0.885 bits per heavy atom. The van der Waals surface area contributed by atoms with Gasteiger partial charge in [0.2, 0.25) is 5.91 Å². The molecule has 0 radical (unpaired) electrons. The predicted molar refractivity (Wildman–Crippen MR) is 98.3 cm³/mol. The number of benzene rings is 2. The van der Waals surface area contributed by atoms with Gasteiger partial charge in [-0.2, -0.15) is 0 Å². The molecule has 0 aromatic heterocycles. The van der Waals surface area contributed by atoms with E-state index in [0.29, 0.717) is 26.2 Å². The number of carbonyl (C=O) groups is 1. The van der Waals surface area contributed by atoms with E-state index in [4.69, 9.17) is 0 Å². The van der Waals surface area contributed by atoms with Gasteiger partial charge >= 0.3 is 0 Å². The van der Waals surface area contributed by atoms with Crippen molar-refractivity contribution in [1.29, 1.82) is 0 Å². The van der Waals surface area contributed by atoms with Gasteiger partial charge < -0.3 is 9.80 Å². The van der Waals surface area contributed by atoms with Gasteiger partial charge in [0.1, 0.15) is 17.4 Å². The average molecular weight is 378 g/mol. The van der Waals surface area contributed by atoms with Crippen LogP contribution in [0.4, 0.5) is 14.5 Å². The van der Waals surface area contributed by atoms with E-state index in [1.807, 2.05) is 0 Å². The summed E-state index contributed by atoms with van der Waals surface area (Å²) in [6.45, 7) is 2.40. The van der Waals surface area contributed by atoms with Gasteiger partial charge in [-0.1, -0.05) is 12.1 Å². The van der Waals surface area contributed by atoms with Crippen molar-refractivity contribution in [2.24, 2.45) is 0 Å². The van der Waals surface area contributed by atoms with Gasteiger partial charge in [-0.25, -0.2) is 8.78 Å². The number of hydrogen-bond donors (Lipinski definition) is 0. The Kier molecular flexibility index (Phi) is 5.98. The van der Waals surface area contributed by atoms with Crippen molar-refractivity contribution in [3.05, 3.63) is 65.7 Å². The number of halogens is 2. The molecule has 26 heavy (non-hydrogen) atoms. The lowest BCUT2D eigenvalue weighted by atomic mass is 10.2. The van der Waals surface area contributed by atoms with E-state index in [-0.39, 0.29) is 29.0 Å². The lowest BCUT2D eigenvalue weighted by Gasteiger charge is -2.36. The van der Waals surface area contributed by atoms with Crippen LogP contribution in [0.5, 0.6) is 0 Å². The number of piperazine rings is 1. The minimum absolute atomic E-state index is 0.0338. The van der Waals surface area contributed by atoms with Crippen LogP contribution in [0.25, 0.3) is 0 Å². The lowest BCUT2D eigenvalue weighted by molar-refractivity contribution is -0.128. The number of anilines is 1. The maximum atomic E-state index is 13.0. The van der Waals surface area contributed by atoms with E-state index < -0.39 is 10.8 Å². The third-order valence-electron chi connectivity index (χ3n) is 4.35. The van der Waals surface area contributed by atoms with Crippen LogP contribution >= 0.6 is 0 Å². The van der Waals surface area contributed by atoms with Crippen molar-refractivity contribution in [3.63, 3.8) is 0 Å². The summed E-state index contributed by atoms with van der Waals surface area (Å²) in [6, 6.07) is 12.1. The molecule has 0 unspecified atom stereocenters. The van der Waals surface area contributed by atoms with Crippen LogP contribution in [0, 0.1) is 11.6 Å². The molecule has 1 saturated heterocycles. The molecular weight excluding hydrogens is 358 g/mol. The Bertz CT molecular complexity index is 773. The summed E-state index contributed by atoms with van der Waals surface area (Å²) in [5.74, 6) is -0.541. The molecule has 3 rings (SSSR count). The maximum absolute atomic E-state index is 13.0. The minimum Gasteiger partial charge on any atom is -0.368 e. The third-order valence-corrected chi connectivity index (χ3v) is 5.57. The van der Waals surface area contributed by atoms with Crippen LogP contribution in [-0.2, 0) is 21.3 Å². The molecule has 1 heterocycles. The van der Waals surface area contributed by atoms with Crippen LogP contribution in [0.1, 0.15) is 5.56 Å². The highest BCUT2D eigenvalue weighted by atomic mass is 32.2. The highest BCUT2D eigenvalue weighted by molar-refractivity contribution is 7.84. The number of rotatable bonds is 5. The van der Waals surface area contributed by atoms with Gasteiger partial charge in [-0.05, 0) is 42.0 Å². The average Bonchev–Trinajstić information content (AvgIpc) is 2.64. The van der Waals surface area contributed by atoms with Crippen molar-refractivity contribution in [1.82, 2.24) is 4.90 Å². The Morgan fingerprint density at radius 2 is 1.42 bits per heavy atom. The zero-order chi connectivity index (χ0) is 18.5. The predicted octanol–water partition coefficient (Wildman–Crippen LogP) is 2.56. The van der Waals surface area contributed by atoms with Gasteiger partial charge in [0, 0.05) is 48.4 Å². The normalized spacial score (nSPS) is 15.8. The zero-order valence-electron chi connectivity index (χ0n) is 14.2. The Hall–Kier alpha value is -2.28. The molecule has 2 aromatic rings. The standard InChI is InChI=1S/C19H20F2N2O2S/c20-16-3-1-15(2-4-16)13-26(25)14-19(24)23-11-9-22(10-12-23)18-7-5-17(21)6-8-18/h1-8H,9-14H2/t26-/m1/s1. The largest absolute Gasteiger partial charge is 0.368 e. The summed E-state index contributed by atoms with van der Waals surface area (Å²) in [5.41, 5.74) is 1.68. The number of amides is 1. The minimum atomic E-state index is -1.33. The summed E-state index contributed by atoms with van der Waals surface area (Å²) in [7, 11) is -1.33. The Morgan fingerprint density at radius 3 is 2.00 bits per heavy atom. The van der Waals surface area contributed by atoms with Gasteiger partial charge in [-0.3, -0.25) is 9.00 Å². The van der Waals surface area contributed by atoms with Crippen LogP contribution in [0.2, 0.25) is 0 Å². The van der Waals surface area contributed by atoms with E-state index >= 15 is 0 Å². The van der Waals surface area contributed by atoms with E-state index in [1.54, 1.807) is 29.2 Å². The first-order valence-corrected chi connectivity index (χ1v) is 9.88. The van der Waals surface area contributed by atoms with E-state index in [9.17, 15) is 17.8 Å². The molecular formula is C19H20F2N2O2S. The maximum Gasteiger partial charge on any atom is 0.235 e. The molecule has 2 aromatic carbocycles. The fourth-order valence-electron chi connectivity index (χ4n) is 2.91. The summed E-state index contributed by atoms with van der Waals surface area (Å²) >= 11 is 0. The van der Waals surface area contributed by atoms with E-state index in [0.717, 1.165) is 11.3 Å². The van der Waals surface area contributed by atoms with Crippen LogP contribution in [-0.4, -0.2) is 46.9 Å². The Labute approximate surface area is 153 Å². The monoisotopic (exact) mass is 378 g/mol. The fourth-order valence-corrected chi connectivity index (χ4v) is 4.04. The molecule has 1 aliphatic heterocycles. The zero-order valence-corrected chi connectivity index (χ0v) is 15.1. The molecule has 1 amide bonds. The highest BCUT2D eigenvalue weighted by Crippen LogP contribution is 2.17. The molecule has 138 valence electrons. The van der Waals surface area contributed by atoms with Crippen LogP contribution < -0.4 is 4.90 Å². The molecule has 7 heteroatoms. The van der Waals surface area contributed by atoms with Crippen molar-refractivity contribution in [2.75, 3.05) is 36.8 Å². The highest BCUT2D eigenvalue weighted by Gasteiger charge is 2.22. The summed E-state index contributed by atoms with van der Waals surface area (Å²) in [5, 5.41) is 0. The van der Waals surface area contributed by atoms with Gasteiger partial charge in [0.25, 0.3) is 0 Å². The van der Waals surface area contributed by atoms with Crippen molar-refractivity contribution in [3.8, 4) is 0 Å². The van der Waals surface area contributed by atoms with Gasteiger partial charge in [0.15, 0.2) is 0 Å². The number of hydrogen-bond acceptors (Lipinski definition) is 3. The third kappa shape index (κ3) is 4.88. The second kappa shape index (κ2) is 8.40. The molecule has 4 nitrogen and oxygen atoms in total. The SMILES string of the molecule is O=C(C[S@](=O)Cc1ccc(F)cc1)N1CCN(c2ccc(F)cc2)CC1. The van der Waals surface area contributed by atoms with Crippen molar-refractivity contribution >= 4 is 22.4 Å². The van der Waals surface area contributed by atoms with E-state index in [2.05, 4.69) is 4.90 Å². The second-order valence-electron chi connectivity index (χ2n) is 6.20. The smallest absolute Gasteiger partial charge is 0.235 e. The summed E-state index contributed by atoms with van der Waals surface area (Å²) in [4.78, 5) is 16.2. The van der Waals surface area contributed by atoms with Crippen LogP contribution in [0.3, 0.4) is 0 Å². The Balaban J connectivity index is 1.48. The molecule has 1 atom stereocenters. The van der Waals surface area contributed by atoms with E-state index in [1.165, 1.54) is 24.3 Å².